The molecule has 1 aliphatic rings. The van der Waals surface area contributed by atoms with Gasteiger partial charge in [0.15, 0.2) is 0 Å². The Labute approximate surface area is 126 Å². The van der Waals surface area contributed by atoms with Crippen LogP contribution in [-0.2, 0) is 11.3 Å². The molecule has 0 atom stereocenters. The molecule has 0 unspecified atom stereocenters. The van der Waals surface area contributed by atoms with Crippen molar-refractivity contribution < 1.29 is 9.53 Å². The summed E-state index contributed by atoms with van der Waals surface area (Å²) < 4.78 is 7.78. The lowest BCUT2D eigenvalue weighted by molar-refractivity contribution is 0.0241. The molecule has 0 bridgehead atoms. The summed E-state index contributed by atoms with van der Waals surface area (Å²) in [5.74, 6) is -0.00881. The van der Waals surface area contributed by atoms with Gasteiger partial charge in [0.25, 0.3) is 5.91 Å². The van der Waals surface area contributed by atoms with E-state index in [-0.39, 0.29) is 5.91 Å². The van der Waals surface area contributed by atoms with Crippen LogP contribution < -0.4 is 11.1 Å². The van der Waals surface area contributed by atoms with Crippen LogP contribution in [0.2, 0.25) is 0 Å². The summed E-state index contributed by atoms with van der Waals surface area (Å²) in [6.07, 6.45) is 7.39. The van der Waals surface area contributed by atoms with Crippen molar-refractivity contribution >= 4 is 5.91 Å². The summed E-state index contributed by atoms with van der Waals surface area (Å²) in [5, 5.41) is 2.94. The van der Waals surface area contributed by atoms with Crippen LogP contribution >= 0.6 is 0 Å². The molecule has 1 aliphatic carbocycles. The first kappa shape index (κ1) is 16.0. The lowest BCUT2D eigenvalue weighted by atomic mass is 9.94. The molecule has 1 saturated carbocycles. The summed E-state index contributed by atoms with van der Waals surface area (Å²) >= 11 is 0. The van der Waals surface area contributed by atoms with Gasteiger partial charge in [0.1, 0.15) is 5.69 Å². The molecule has 0 aromatic carbocycles. The zero-order valence-electron chi connectivity index (χ0n) is 12.9. The highest BCUT2D eigenvalue weighted by Gasteiger charge is 2.18. The van der Waals surface area contributed by atoms with Crippen LogP contribution in [0.1, 0.15) is 49.5 Å². The number of nitrogens with one attached hydrogen (secondary N) is 1. The summed E-state index contributed by atoms with van der Waals surface area (Å²) in [6.45, 7) is 4.19. The number of carbonyl (C=O) groups is 1. The number of aryl methyl sites for hydroxylation is 1. The maximum Gasteiger partial charge on any atom is 0.267 e. The van der Waals surface area contributed by atoms with Gasteiger partial charge in [-0.2, -0.15) is 0 Å². The number of rotatable bonds is 7. The lowest BCUT2D eigenvalue weighted by Crippen LogP contribution is -2.31. The van der Waals surface area contributed by atoms with Crippen molar-refractivity contribution in [2.45, 2.75) is 57.7 Å². The maximum absolute atomic E-state index is 12.0. The van der Waals surface area contributed by atoms with Crippen molar-refractivity contribution in [3.63, 3.8) is 0 Å². The second-order valence-electron chi connectivity index (χ2n) is 5.70. The molecule has 1 amide bonds. The molecular formula is C16H27N3O2. The van der Waals surface area contributed by atoms with Crippen LogP contribution in [0, 0.1) is 0 Å². The largest absolute Gasteiger partial charge is 0.378 e. The van der Waals surface area contributed by atoms with Crippen molar-refractivity contribution in [3.05, 3.63) is 24.0 Å². The van der Waals surface area contributed by atoms with E-state index in [4.69, 9.17) is 10.5 Å². The number of hydrogen-bond donors (Lipinski definition) is 2. The molecule has 0 spiro atoms. The highest BCUT2D eigenvalue weighted by atomic mass is 16.5. The monoisotopic (exact) mass is 293 g/mol. The van der Waals surface area contributed by atoms with Crippen LogP contribution in [0.4, 0.5) is 0 Å². The van der Waals surface area contributed by atoms with Crippen molar-refractivity contribution in [3.8, 4) is 0 Å². The second kappa shape index (κ2) is 8.20. The fourth-order valence-corrected chi connectivity index (χ4v) is 2.77. The van der Waals surface area contributed by atoms with E-state index in [1.54, 1.807) is 0 Å². The summed E-state index contributed by atoms with van der Waals surface area (Å²) in [7, 11) is 0. The van der Waals surface area contributed by atoms with Gasteiger partial charge in [0, 0.05) is 31.9 Å². The normalized spacial score (nSPS) is 22.2. The third-order valence-corrected chi connectivity index (χ3v) is 4.08. The quantitative estimate of drug-likeness (QED) is 0.755. The Morgan fingerprint density at radius 1 is 1.43 bits per heavy atom. The lowest BCUT2D eigenvalue weighted by Gasteiger charge is -2.26. The Morgan fingerprint density at radius 2 is 2.19 bits per heavy atom. The molecule has 1 aromatic heterocycles. The van der Waals surface area contributed by atoms with Gasteiger partial charge in [-0.15, -0.1) is 0 Å². The minimum absolute atomic E-state index is 0.00881. The third-order valence-electron chi connectivity index (χ3n) is 4.08. The van der Waals surface area contributed by atoms with Crippen molar-refractivity contribution in [1.29, 1.82) is 0 Å². The molecule has 21 heavy (non-hydrogen) atoms. The molecule has 0 radical (unpaired) electrons. The summed E-state index contributed by atoms with van der Waals surface area (Å²) in [4.78, 5) is 12.0. The van der Waals surface area contributed by atoms with E-state index in [0.29, 0.717) is 25.3 Å². The molecule has 1 fully saturated rings. The van der Waals surface area contributed by atoms with Crippen molar-refractivity contribution in [1.82, 2.24) is 9.88 Å². The molecule has 0 aliphatic heterocycles. The second-order valence-corrected chi connectivity index (χ2v) is 5.70. The average molecular weight is 293 g/mol. The minimum atomic E-state index is -0.00881. The Hall–Kier alpha value is -1.33. The molecule has 5 nitrogen and oxygen atoms in total. The Bertz CT molecular complexity index is 436. The average Bonchev–Trinajstić information content (AvgIpc) is 2.97. The van der Waals surface area contributed by atoms with Crippen LogP contribution in [0.15, 0.2) is 18.3 Å². The van der Waals surface area contributed by atoms with Gasteiger partial charge < -0.3 is 20.4 Å². The summed E-state index contributed by atoms with van der Waals surface area (Å²) in [6, 6.07) is 4.11. The van der Waals surface area contributed by atoms with Crippen LogP contribution in [0.25, 0.3) is 0 Å². The van der Waals surface area contributed by atoms with E-state index >= 15 is 0 Å². The van der Waals surface area contributed by atoms with Crippen LogP contribution in [0.3, 0.4) is 0 Å². The number of aromatic nitrogens is 1. The smallest absolute Gasteiger partial charge is 0.267 e. The first-order valence-corrected chi connectivity index (χ1v) is 8.01. The zero-order valence-corrected chi connectivity index (χ0v) is 12.9. The standard InChI is InChI=1S/C16H27N3O2/c1-2-19-11-3-5-15(19)16(20)18-10-4-12-21-14-8-6-13(17)7-9-14/h3,5,11,13-14H,2,4,6-10,12,17H2,1H3,(H,18,20). The van der Waals surface area contributed by atoms with E-state index in [1.165, 1.54) is 0 Å². The number of carbonyl (C=O) groups excluding carboxylic acids is 1. The van der Waals surface area contributed by atoms with Gasteiger partial charge in [-0.3, -0.25) is 4.79 Å². The number of amides is 1. The van der Waals surface area contributed by atoms with E-state index in [0.717, 1.165) is 44.3 Å². The number of ether oxygens (including phenoxy) is 1. The van der Waals surface area contributed by atoms with Gasteiger partial charge in [0.2, 0.25) is 0 Å². The van der Waals surface area contributed by atoms with E-state index in [2.05, 4.69) is 5.32 Å². The number of nitrogens with two attached hydrogens (primary N) is 1. The molecule has 1 aromatic rings. The van der Waals surface area contributed by atoms with Crippen LogP contribution in [-0.4, -0.2) is 35.8 Å². The van der Waals surface area contributed by atoms with Gasteiger partial charge in [-0.05, 0) is 51.2 Å². The van der Waals surface area contributed by atoms with Gasteiger partial charge in [0.05, 0.1) is 6.10 Å². The highest BCUT2D eigenvalue weighted by Crippen LogP contribution is 2.19. The molecule has 118 valence electrons. The third kappa shape index (κ3) is 4.86. The Balaban J connectivity index is 1.58. The fourth-order valence-electron chi connectivity index (χ4n) is 2.77. The predicted molar refractivity (Wildman–Crippen MR) is 83.2 cm³/mol. The van der Waals surface area contributed by atoms with E-state index in [1.807, 2.05) is 29.8 Å². The molecule has 0 saturated heterocycles. The highest BCUT2D eigenvalue weighted by molar-refractivity contribution is 5.92. The molecule has 1 heterocycles. The topological polar surface area (TPSA) is 69.3 Å². The first-order valence-electron chi connectivity index (χ1n) is 8.01. The zero-order chi connectivity index (χ0) is 15.1. The number of hydrogen-bond acceptors (Lipinski definition) is 3. The van der Waals surface area contributed by atoms with E-state index < -0.39 is 0 Å². The Morgan fingerprint density at radius 3 is 2.90 bits per heavy atom. The van der Waals surface area contributed by atoms with E-state index in [9.17, 15) is 4.79 Å². The van der Waals surface area contributed by atoms with Gasteiger partial charge in [-0.1, -0.05) is 0 Å². The number of nitrogens with zero attached hydrogens (tertiary/aromatic N) is 1. The van der Waals surface area contributed by atoms with Crippen LogP contribution in [0.5, 0.6) is 0 Å². The van der Waals surface area contributed by atoms with Gasteiger partial charge >= 0.3 is 0 Å². The van der Waals surface area contributed by atoms with Crippen molar-refractivity contribution in [2.75, 3.05) is 13.2 Å². The van der Waals surface area contributed by atoms with Gasteiger partial charge in [-0.25, -0.2) is 0 Å². The SMILES string of the molecule is CCn1cccc1C(=O)NCCCOC1CCC(N)CC1. The molecule has 5 heteroatoms. The minimum Gasteiger partial charge on any atom is -0.378 e. The first-order chi connectivity index (χ1) is 10.2. The maximum atomic E-state index is 12.0. The van der Waals surface area contributed by atoms with Crippen molar-refractivity contribution in [2.24, 2.45) is 5.73 Å². The predicted octanol–water partition coefficient (Wildman–Crippen LogP) is 1.91. The molecule has 3 N–H and O–H groups in total. The fraction of sp³-hybridized carbons (Fsp3) is 0.688. The molecule has 2 rings (SSSR count). The summed E-state index contributed by atoms with van der Waals surface area (Å²) in [5.41, 5.74) is 6.59. The molecular weight excluding hydrogens is 266 g/mol. The Kier molecular flexibility index (Phi) is 6.26.